The molecule has 18 heavy (non-hydrogen) atoms. The largest absolute Gasteiger partial charge is 0.478 e. The lowest BCUT2D eigenvalue weighted by atomic mass is 10.1. The molecule has 0 unspecified atom stereocenters. The van der Waals surface area contributed by atoms with Crippen molar-refractivity contribution < 1.29 is 19.8 Å². The highest BCUT2D eigenvalue weighted by Gasteiger charge is 2.11. The average Bonchev–Trinajstić information content (AvgIpc) is 2.81. The van der Waals surface area contributed by atoms with Crippen molar-refractivity contribution in [1.29, 1.82) is 0 Å². The number of anilines is 1. The first kappa shape index (κ1) is 11.6. The number of nitrogens with zero attached hydrogens (tertiary/aromatic N) is 2. The predicted molar refractivity (Wildman–Crippen MR) is 62.2 cm³/mol. The Morgan fingerprint density at radius 1 is 1.28 bits per heavy atom. The lowest BCUT2D eigenvalue weighted by Gasteiger charge is -2.10. The summed E-state index contributed by atoms with van der Waals surface area (Å²) in [7, 11) is 0. The highest BCUT2D eigenvalue weighted by molar-refractivity contribution is 5.92. The Morgan fingerprint density at radius 2 is 2.06 bits per heavy atom. The van der Waals surface area contributed by atoms with Crippen molar-refractivity contribution in [2.24, 2.45) is 0 Å². The van der Waals surface area contributed by atoms with Gasteiger partial charge in [-0.25, -0.2) is 14.6 Å². The third kappa shape index (κ3) is 2.29. The van der Waals surface area contributed by atoms with E-state index in [-0.39, 0.29) is 11.3 Å². The Labute approximate surface area is 101 Å². The molecule has 0 bridgehead atoms. The van der Waals surface area contributed by atoms with Gasteiger partial charge >= 0.3 is 12.1 Å². The summed E-state index contributed by atoms with van der Waals surface area (Å²) in [4.78, 5) is 25.4. The molecule has 1 heterocycles. The summed E-state index contributed by atoms with van der Waals surface area (Å²) < 4.78 is 1.53. The normalized spacial score (nSPS) is 10.0. The Bertz CT molecular complexity index is 592. The van der Waals surface area contributed by atoms with Crippen LogP contribution in [0.25, 0.3) is 5.69 Å². The van der Waals surface area contributed by atoms with Crippen molar-refractivity contribution in [1.82, 2.24) is 9.55 Å². The quantitative estimate of drug-likeness (QED) is 0.765. The average molecular weight is 247 g/mol. The summed E-state index contributed by atoms with van der Waals surface area (Å²) in [5.41, 5.74) is 0.745. The topological polar surface area (TPSA) is 104 Å². The van der Waals surface area contributed by atoms with E-state index in [1.807, 2.05) is 0 Å². The number of hydrogen-bond acceptors (Lipinski definition) is 3. The number of aromatic carboxylic acids is 1. The van der Waals surface area contributed by atoms with Gasteiger partial charge in [0.1, 0.15) is 0 Å². The van der Waals surface area contributed by atoms with Crippen LogP contribution in [0.4, 0.5) is 10.5 Å². The molecule has 0 aliphatic rings. The van der Waals surface area contributed by atoms with Gasteiger partial charge in [-0.3, -0.25) is 5.32 Å². The van der Waals surface area contributed by atoms with Crippen LogP contribution in [-0.2, 0) is 0 Å². The number of imidazole rings is 1. The van der Waals surface area contributed by atoms with Crippen LogP contribution < -0.4 is 5.32 Å². The van der Waals surface area contributed by atoms with E-state index in [0.717, 1.165) is 0 Å². The zero-order chi connectivity index (χ0) is 13.1. The second-order valence-electron chi connectivity index (χ2n) is 3.44. The van der Waals surface area contributed by atoms with Gasteiger partial charge in [-0.05, 0) is 18.2 Å². The van der Waals surface area contributed by atoms with Crippen molar-refractivity contribution >= 4 is 17.7 Å². The molecule has 3 N–H and O–H groups in total. The molecule has 0 atom stereocenters. The van der Waals surface area contributed by atoms with E-state index in [4.69, 9.17) is 10.2 Å². The molecule has 0 radical (unpaired) electrons. The van der Waals surface area contributed by atoms with Crippen molar-refractivity contribution in [3.63, 3.8) is 0 Å². The first-order valence-corrected chi connectivity index (χ1v) is 4.93. The zero-order valence-electron chi connectivity index (χ0n) is 9.07. The number of carbonyl (C=O) groups is 2. The zero-order valence-corrected chi connectivity index (χ0v) is 9.07. The van der Waals surface area contributed by atoms with Gasteiger partial charge in [0.25, 0.3) is 0 Å². The fourth-order valence-corrected chi connectivity index (χ4v) is 1.50. The molecule has 0 aliphatic carbocycles. The van der Waals surface area contributed by atoms with Gasteiger partial charge in [-0.2, -0.15) is 0 Å². The molecule has 2 rings (SSSR count). The summed E-state index contributed by atoms with van der Waals surface area (Å²) in [6.07, 6.45) is 3.33. The summed E-state index contributed by atoms with van der Waals surface area (Å²) in [5.74, 6) is -1.08. The number of carboxylic acids is 1. The summed E-state index contributed by atoms with van der Waals surface area (Å²) in [6, 6.07) is 4.09. The molecule has 7 heteroatoms. The predicted octanol–water partition coefficient (Wildman–Crippen LogP) is 1.66. The van der Waals surface area contributed by atoms with Gasteiger partial charge in [-0.15, -0.1) is 0 Å². The van der Waals surface area contributed by atoms with Crippen LogP contribution >= 0.6 is 0 Å². The third-order valence-electron chi connectivity index (χ3n) is 2.27. The van der Waals surface area contributed by atoms with E-state index < -0.39 is 12.1 Å². The number of rotatable bonds is 3. The van der Waals surface area contributed by atoms with Crippen LogP contribution in [0.1, 0.15) is 10.4 Å². The standard InChI is InChI=1S/C11H9N3O4/c15-10(16)7-1-2-8(13-11(17)18)9(5-7)14-4-3-12-6-14/h1-6,13H,(H,15,16)(H,17,18). The third-order valence-corrected chi connectivity index (χ3v) is 2.27. The molecular weight excluding hydrogens is 238 g/mol. The number of carboxylic acid groups (broad SMARTS) is 2. The molecule has 0 saturated carbocycles. The molecule has 2 aromatic rings. The number of aromatic nitrogens is 2. The highest BCUT2D eigenvalue weighted by Crippen LogP contribution is 2.22. The first-order chi connectivity index (χ1) is 8.58. The SMILES string of the molecule is O=C(O)Nc1ccc(C(=O)O)cc1-n1ccnc1. The summed E-state index contributed by atoms with van der Waals surface area (Å²) in [6.45, 7) is 0. The highest BCUT2D eigenvalue weighted by atomic mass is 16.4. The summed E-state index contributed by atoms with van der Waals surface area (Å²) in [5, 5.41) is 19.8. The molecule has 0 aliphatic heterocycles. The smallest absolute Gasteiger partial charge is 0.409 e. The fraction of sp³-hybridized carbons (Fsp3) is 0. The molecule has 0 saturated heterocycles. The lowest BCUT2D eigenvalue weighted by molar-refractivity contribution is 0.0697. The van der Waals surface area contributed by atoms with E-state index in [0.29, 0.717) is 5.69 Å². The number of amides is 1. The van der Waals surface area contributed by atoms with Crippen LogP contribution in [0.2, 0.25) is 0 Å². The molecule has 7 nitrogen and oxygen atoms in total. The lowest BCUT2D eigenvalue weighted by Crippen LogP contribution is -2.11. The summed E-state index contributed by atoms with van der Waals surface area (Å²) >= 11 is 0. The van der Waals surface area contributed by atoms with Crippen LogP contribution in [0.5, 0.6) is 0 Å². The Hall–Kier alpha value is -2.83. The first-order valence-electron chi connectivity index (χ1n) is 4.93. The maximum Gasteiger partial charge on any atom is 0.409 e. The number of hydrogen-bond donors (Lipinski definition) is 3. The molecule has 1 aromatic carbocycles. The van der Waals surface area contributed by atoms with Crippen molar-refractivity contribution in [3.05, 3.63) is 42.5 Å². The Kier molecular flexibility index (Phi) is 2.96. The van der Waals surface area contributed by atoms with Crippen molar-refractivity contribution in [2.75, 3.05) is 5.32 Å². The minimum Gasteiger partial charge on any atom is -0.478 e. The molecule has 1 aromatic heterocycles. The van der Waals surface area contributed by atoms with E-state index in [1.54, 1.807) is 6.20 Å². The molecule has 92 valence electrons. The van der Waals surface area contributed by atoms with Crippen LogP contribution in [0, 0.1) is 0 Å². The van der Waals surface area contributed by atoms with Crippen LogP contribution in [-0.4, -0.2) is 31.8 Å². The van der Waals surface area contributed by atoms with E-state index in [9.17, 15) is 9.59 Å². The van der Waals surface area contributed by atoms with Gasteiger partial charge in [0.05, 0.1) is 23.3 Å². The van der Waals surface area contributed by atoms with Gasteiger partial charge < -0.3 is 14.8 Å². The second kappa shape index (κ2) is 4.58. The monoisotopic (exact) mass is 247 g/mol. The fourth-order valence-electron chi connectivity index (χ4n) is 1.50. The van der Waals surface area contributed by atoms with E-state index in [2.05, 4.69) is 10.3 Å². The number of benzene rings is 1. The Balaban J connectivity index is 2.53. The van der Waals surface area contributed by atoms with E-state index in [1.165, 1.54) is 35.3 Å². The van der Waals surface area contributed by atoms with Crippen molar-refractivity contribution in [3.8, 4) is 5.69 Å². The van der Waals surface area contributed by atoms with Gasteiger partial charge in [-0.1, -0.05) is 0 Å². The van der Waals surface area contributed by atoms with Crippen LogP contribution in [0.3, 0.4) is 0 Å². The van der Waals surface area contributed by atoms with Gasteiger partial charge in [0.2, 0.25) is 0 Å². The van der Waals surface area contributed by atoms with Crippen LogP contribution in [0.15, 0.2) is 36.9 Å². The minimum atomic E-state index is -1.22. The van der Waals surface area contributed by atoms with E-state index >= 15 is 0 Å². The number of nitrogens with one attached hydrogen (secondary N) is 1. The Morgan fingerprint density at radius 3 is 2.61 bits per heavy atom. The maximum atomic E-state index is 10.9. The van der Waals surface area contributed by atoms with Gasteiger partial charge in [0, 0.05) is 12.4 Å². The minimum absolute atomic E-state index is 0.0645. The molecular formula is C11H9N3O4. The molecule has 1 amide bonds. The van der Waals surface area contributed by atoms with Crippen molar-refractivity contribution in [2.45, 2.75) is 0 Å². The van der Waals surface area contributed by atoms with Gasteiger partial charge in [0.15, 0.2) is 0 Å². The maximum absolute atomic E-state index is 10.9. The second-order valence-corrected chi connectivity index (χ2v) is 3.44. The molecule has 0 spiro atoms. The molecule has 0 fully saturated rings.